The molecule has 0 aliphatic carbocycles. The first kappa shape index (κ1) is 21.3. The van der Waals surface area contributed by atoms with Crippen LogP contribution < -0.4 is 15.4 Å². The molecule has 9 nitrogen and oxygen atoms in total. The molecule has 0 unspecified atom stereocenters. The van der Waals surface area contributed by atoms with Crippen molar-refractivity contribution in [3.05, 3.63) is 71.7 Å². The lowest BCUT2D eigenvalue weighted by molar-refractivity contribution is 0.0690. The Labute approximate surface area is 195 Å². The van der Waals surface area contributed by atoms with Crippen LogP contribution in [-0.4, -0.2) is 44.7 Å². The minimum absolute atomic E-state index is 0.178. The Morgan fingerprint density at radius 3 is 2.76 bits per heavy atom. The third-order valence-electron chi connectivity index (χ3n) is 5.67. The van der Waals surface area contributed by atoms with E-state index >= 15 is 0 Å². The fourth-order valence-corrected chi connectivity index (χ4v) is 4.11. The van der Waals surface area contributed by atoms with E-state index in [1.54, 1.807) is 25.4 Å². The summed E-state index contributed by atoms with van der Waals surface area (Å²) in [5, 5.41) is 18.1. The molecule has 9 heteroatoms. The number of methoxy groups -OCH3 is 1. The number of aromatic carboxylic acids is 1. The molecule has 5 rings (SSSR count). The van der Waals surface area contributed by atoms with E-state index in [0.29, 0.717) is 36.0 Å². The van der Waals surface area contributed by atoms with Crippen LogP contribution in [0.2, 0.25) is 0 Å². The summed E-state index contributed by atoms with van der Waals surface area (Å²) in [7, 11) is 1.59. The number of rotatable bonds is 8. The second-order valence-corrected chi connectivity index (χ2v) is 8.02. The normalized spacial score (nSPS) is 11.1. The first-order valence-corrected chi connectivity index (χ1v) is 10.9. The quantitative estimate of drug-likeness (QED) is 0.226. The zero-order valence-corrected chi connectivity index (χ0v) is 18.8. The number of fused-ring (bicyclic) bond motifs is 2. The van der Waals surface area contributed by atoms with Gasteiger partial charge in [-0.1, -0.05) is 0 Å². The average Bonchev–Trinajstić information content (AvgIpc) is 3.38. The lowest BCUT2D eigenvalue weighted by Gasteiger charge is -2.09. The first-order valence-electron chi connectivity index (χ1n) is 10.9. The SMILES string of the molecule is COc1ccc2[nH]c(C(=O)O)c(CCNc3nccc(Nc4ccc5[nH]c(C)cc5c4)n3)c2c1. The Bertz CT molecular complexity index is 1500. The number of nitrogens with zero attached hydrogens (tertiary/aromatic N) is 2. The van der Waals surface area contributed by atoms with E-state index in [2.05, 4.69) is 42.7 Å². The van der Waals surface area contributed by atoms with Crippen LogP contribution in [0.1, 0.15) is 21.7 Å². The fourth-order valence-electron chi connectivity index (χ4n) is 4.11. The number of H-pyrrole nitrogens is 2. The van der Waals surface area contributed by atoms with Gasteiger partial charge in [0.25, 0.3) is 0 Å². The summed E-state index contributed by atoms with van der Waals surface area (Å²) in [6.45, 7) is 2.49. The Morgan fingerprint density at radius 2 is 1.94 bits per heavy atom. The topological polar surface area (TPSA) is 128 Å². The average molecular weight is 457 g/mol. The molecule has 0 saturated heterocycles. The number of aromatic amines is 2. The molecule has 0 aliphatic rings. The van der Waals surface area contributed by atoms with Crippen molar-refractivity contribution in [2.45, 2.75) is 13.3 Å². The summed E-state index contributed by atoms with van der Waals surface area (Å²) in [5.74, 6) is 0.792. The molecule has 0 amide bonds. The summed E-state index contributed by atoms with van der Waals surface area (Å²) in [4.78, 5) is 26.9. The van der Waals surface area contributed by atoms with Crippen LogP contribution >= 0.6 is 0 Å². The highest BCUT2D eigenvalue weighted by Gasteiger charge is 2.17. The molecule has 0 spiro atoms. The fraction of sp³-hybridized carbons (Fsp3) is 0.160. The van der Waals surface area contributed by atoms with E-state index in [1.165, 1.54) is 0 Å². The highest BCUT2D eigenvalue weighted by molar-refractivity contribution is 5.98. The van der Waals surface area contributed by atoms with Crippen LogP contribution in [0.25, 0.3) is 21.8 Å². The van der Waals surface area contributed by atoms with Gasteiger partial charge in [-0.25, -0.2) is 9.78 Å². The monoisotopic (exact) mass is 456 g/mol. The number of carbonyl (C=O) groups is 1. The molecule has 3 heterocycles. The van der Waals surface area contributed by atoms with Crippen molar-refractivity contribution in [3.63, 3.8) is 0 Å². The van der Waals surface area contributed by atoms with E-state index < -0.39 is 5.97 Å². The molecule has 3 aromatic heterocycles. The van der Waals surface area contributed by atoms with Crippen LogP contribution in [0.5, 0.6) is 5.75 Å². The molecule has 0 aliphatic heterocycles. The van der Waals surface area contributed by atoms with Crippen molar-refractivity contribution in [2.24, 2.45) is 0 Å². The zero-order chi connectivity index (χ0) is 23.7. The first-order chi connectivity index (χ1) is 16.5. The number of carboxylic acids is 1. The molecular weight excluding hydrogens is 432 g/mol. The minimum Gasteiger partial charge on any atom is -0.497 e. The lowest BCUT2D eigenvalue weighted by Crippen LogP contribution is -2.11. The Hall–Kier alpha value is -4.53. The number of anilines is 3. The number of carboxylic acid groups (broad SMARTS) is 1. The van der Waals surface area contributed by atoms with Crippen molar-refractivity contribution in [1.82, 2.24) is 19.9 Å². The van der Waals surface area contributed by atoms with Gasteiger partial charge < -0.3 is 30.4 Å². The summed E-state index contributed by atoms with van der Waals surface area (Å²) in [5.41, 5.74) is 4.76. The van der Waals surface area contributed by atoms with Crippen molar-refractivity contribution in [2.75, 3.05) is 24.3 Å². The highest BCUT2D eigenvalue weighted by atomic mass is 16.5. The van der Waals surface area contributed by atoms with Gasteiger partial charge in [0.1, 0.15) is 17.3 Å². The number of aromatic nitrogens is 4. The molecule has 5 N–H and O–H groups in total. The molecule has 172 valence electrons. The van der Waals surface area contributed by atoms with Gasteiger partial charge in [-0.05, 0) is 67.4 Å². The standard InChI is InChI=1S/C25H24N6O3/c1-14-11-15-12-16(3-5-20(15)28-14)29-22-8-10-27-25(31-22)26-9-7-18-19-13-17(34-2)4-6-21(19)30-23(18)24(32)33/h3-6,8,10-13,28,30H,7,9H2,1-2H3,(H,32,33)(H2,26,27,29,31). The molecular formula is C25H24N6O3. The molecule has 0 saturated carbocycles. The van der Waals surface area contributed by atoms with Gasteiger partial charge in [-0.15, -0.1) is 0 Å². The van der Waals surface area contributed by atoms with Crippen LogP contribution in [0.3, 0.4) is 0 Å². The highest BCUT2D eigenvalue weighted by Crippen LogP contribution is 2.27. The summed E-state index contributed by atoms with van der Waals surface area (Å²) >= 11 is 0. The number of benzene rings is 2. The third kappa shape index (κ3) is 4.23. The molecule has 0 radical (unpaired) electrons. The van der Waals surface area contributed by atoms with Crippen molar-refractivity contribution < 1.29 is 14.6 Å². The van der Waals surface area contributed by atoms with E-state index in [0.717, 1.165) is 33.2 Å². The van der Waals surface area contributed by atoms with E-state index in [9.17, 15) is 9.90 Å². The van der Waals surface area contributed by atoms with E-state index in [-0.39, 0.29) is 5.69 Å². The van der Waals surface area contributed by atoms with Gasteiger partial charge >= 0.3 is 5.97 Å². The molecule has 5 aromatic rings. The summed E-state index contributed by atoms with van der Waals surface area (Å²) < 4.78 is 5.30. The van der Waals surface area contributed by atoms with Gasteiger partial charge in [0.2, 0.25) is 5.95 Å². The predicted molar refractivity (Wildman–Crippen MR) is 132 cm³/mol. The number of nitrogens with one attached hydrogen (secondary N) is 4. The third-order valence-corrected chi connectivity index (χ3v) is 5.67. The van der Waals surface area contributed by atoms with E-state index in [1.807, 2.05) is 31.2 Å². The molecule has 0 atom stereocenters. The molecule has 0 fully saturated rings. The molecule has 34 heavy (non-hydrogen) atoms. The van der Waals surface area contributed by atoms with Crippen LogP contribution in [0, 0.1) is 6.92 Å². The summed E-state index contributed by atoms with van der Waals surface area (Å²) in [6.07, 6.45) is 2.15. The van der Waals surface area contributed by atoms with Crippen molar-refractivity contribution in [3.8, 4) is 5.75 Å². The Kier molecular flexibility index (Phi) is 5.51. The smallest absolute Gasteiger partial charge is 0.352 e. The number of hydrogen-bond donors (Lipinski definition) is 5. The van der Waals surface area contributed by atoms with Gasteiger partial charge in [0.15, 0.2) is 0 Å². The molecule has 2 aromatic carbocycles. The van der Waals surface area contributed by atoms with Gasteiger partial charge in [0.05, 0.1) is 7.11 Å². The van der Waals surface area contributed by atoms with E-state index in [4.69, 9.17) is 4.74 Å². The second kappa shape index (κ2) is 8.78. The maximum absolute atomic E-state index is 11.8. The number of ether oxygens (including phenoxy) is 1. The van der Waals surface area contributed by atoms with Crippen molar-refractivity contribution in [1.29, 1.82) is 0 Å². The largest absolute Gasteiger partial charge is 0.497 e. The zero-order valence-electron chi connectivity index (χ0n) is 18.8. The van der Waals surface area contributed by atoms with Gasteiger partial charge in [-0.3, -0.25) is 0 Å². The molecule has 0 bridgehead atoms. The minimum atomic E-state index is -0.998. The number of aryl methyl sites for hydroxylation is 1. The van der Waals surface area contributed by atoms with Crippen LogP contribution in [0.4, 0.5) is 17.5 Å². The Balaban J connectivity index is 1.30. The second-order valence-electron chi connectivity index (χ2n) is 8.02. The maximum Gasteiger partial charge on any atom is 0.352 e. The Morgan fingerprint density at radius 1 is 1.09 bits per heavy atom. The number of hydrogen-bond acceptors (Lipinski definition) is 6. The van der Waals surface area contributed by atoms with Crippen molar-refractivity contribution >= 4 is 45.2 Å². The maximum atomic E-state index is 11.8. The summed E-state index contributed by atoms with van der Waals surface area (Å²) in [6, 6.07) is 15.4. The van der Waals surface area contributed by atoms with Gasteiger partial charge in [-0.2, -0.15) is 4.98 Å². The van der Waals surface area contributed by atoms with Crippen LogP contribution in [-0.2, 0) is 6.42 Å². The van der Waals surface area contributed by atoms with Crippen LogP contribution in [0.15, 0.2) is 54.7 Å². The van der Waals surface area contributed by atoms with Gasteiger partial charge in [0, 0.05) is 45.9 Å². The predicted octanol–water partition coefficient (Wildman–Crippen LogP) is 4.85. The lowest BCUT2D eigenvalue weighted by atomic mass is 10.1.